The first-order valence-electron chi connectivity index (χ1n) is 4.57. The first kappa shape index (κ1) is 11.0. The maximum atomic E-state index is 9.98. The van der Waals surface area contributed by atoms with E-state index in [1.54, 1.807) is 17.5 Å². The minimum Gasteiger partial charge on any atom is -0.388 e. The van der Waals surface area contributed by atoms with Crippen molar-refractivity contribution < 1.29 is 5.11 Å². The molecule has 1 aromatic heterocycles. The van der Waals surface area contributed by atoms with E-state index in [1.165, 1.54) is 0 Å². The predicted molar refractivity (Wildman–Crippen MR) is 69.9 cm³/mol. The summed E-state index contributed by atoms with van der Waals surface area (Å²) in [6.45, 7) is 0. The Labute approximate surface area is 106 Å². The van der Waals surface area contributed by atoms with E-state index in [-0.39, 0.29) is 0 Å². The van der Waals surface area contributed by atoms with Crippen LogP contribution in [0.1, 0.15) is 16.7 Å². The molecule has 2 aromatic rings. The monoisotopic (exact) mass is 331 g/mol. The number of hydrogen-bond donors (Lipinski definition) is 1. The molecule has 0 saturated carbocycles. The number of aromatic nitrogens is 1. The van der Waals surface area contributed by atoms with Crippen molar-refractivity contribution in [2.24, 2.45) is 0 Å². The van der Waals surface area contributed by atoms with Gasteiger partial charge in [0.25, 0.3) is 0 Å². The van der Waals surface area contributed by atoms with Crippen LogP contribution in [0.3, 0.4) is 0 Å². The van der Waals surface area contributed by atoms with E-state index in [2.05, 4.69) is 27.6 Å². The van der Waals surface area contributed by atoms with Crippen LogP contribution in [0.5, 0.6) is 0 Å². The maximum absolute atomic E-state index is 9.98. The zero-order valence-corrected chi connectivity index (χ0v) is 10.9. The van der Waals surface area contributed by atoms with Crippen LogP contribution in [0.2, 0.25) is 0 Å². The molecule has 0 aliphatic carbocycles. The number of benzene rings is 1. The first-order valence-corrected chi connectivity index (χ1v) is 6.53. The summed E-state index contributed by atoms with van der Waals surface area (Å²) >= 11 is 3.82. The van der Waals surface area contributed by atoms with Crippen molar-refractivity contribution in [3.63, 3.8) is 0 Å². The van der Waals surface area contributed by atoms with Crippen LogP contribution in [0.15, 0.2) is 35.8 Å². The van der Waals surface area contributed by atoms with Crippen molar-refractivity contribution in [1.29, 1.82) is 0 Å². The Balaban J connectivity index is 2.11. The summed E-state index contributed by atoms with van der Waals surface area (Å²) in [7, 11) is 0. The Hall–Kier alpha value is -0.460. The number of aliphatic hydroxyl groups is 1. The molecule has 2 rings (SSSR count). The van der Waals surface area contributed by atoms with Gasteiger partial charge >= 0.3 is 0 Å². The molecule has 0 radical (unpaired) electrons. The van der Waals surface area contributed by atoms with E-state index < -0.39 is 6.10 Å². The molecule has 1 atom stereocenters. The van der Waals surface area contributed by atoms with Gasteiger partial charge in [0.05, 0.1) is 11.1 Å². The van der Waals surface area contributed by atoms with Crippen molar-refractivity contribution in [3.05, 3.63) is 50.0 Å². The zero-order valence-electron chi connectivity index (χ0n) is 7.93. The third kappa shape index (κ3) is 2.99. The molecular formula is C11H10INOS. The van der Waals surface area contributed by atoms with Gasteiger partial charge in [0.2, 0.25) is 0 Å². The quantitative estimate of drug-likeness (QED) is 0.877. The standard InChI is InChI=1S/C11H10INOS/c12-9-3-1-2-8(6-9)10(14)7-11-13-4-5-15-11/h1-6,10,14H,7H2. The SMILES string of the molecule is OC(Cc1nccs1)c1cccc(I)c1. The van der Waals surface area contributed by atoms with Crippen LogP contribution in [0.25, 0.3) is 0 Å². The summed E-state index contributed by atoms with van der Waals surface area (Å²) in [5.41, 5.74) is 0.956. The van der Waals surface area contributed by atoms with Crippen molar-refractivity contribution in [1.82, 2.24) is 4.98 Å². The van der Waals surface area contributed by atoms with Crippen LogP contribution in [-0.2, 0) is 6.42 Å². The lowest BCUT2D eigenvalue weighted by atomic mass is 10.1. The fraction of sp³-hybridized carbons (Fsp3) is 0.182. The molecule has 15 heavy (non-hydrogen) atoms. The highest BCUT2D eigenvalue weighted by atomic mass is 127. The van der Waals surface area contributed by atoms with Gasteiger partial charge in [-0.1, -0.05) is 12.1 Å². The highest BCUT2D eigenvalue weighted by Gasteiger charge is 2.10. The average molecular weight is 331 g/mol. The zero-order chi connectivity index (χ0) is 10.7. The summed E-state index contributed by atoms with van der Waals surface area (Å²) in [6, 6.07) is 7.92. The average Bonchev–Trinajstić information content (AvgIpc) is 2.70. The van der Waals surface area contributed by atoms with Crippen LogP contribution < -0.4 is 0 Å². The molecular weight excluding hydrogens is 321 g/mol. The summed E-state index contributed by atoms with van der Waals surface area (Å²) in [5.74, 6) is 0. The van der Waals surface area contributed by atoms with Crippen LogP contribution >= 0.6 is 33.9 Å². The van der Waals surface area contributed by atoms with Gasteiger partial charge in [0, 0.05) is 21.6 Å². The lowest BCUT2D eigenvalue weighted by Gasteiger charge is -2.09. The number of nitrogens with zero attached hydrogens (tertiary/aromatic N) is 1. The minimum absolute atomic E-state index is 0.453. The maximum Gasteiger partial charge on any atom is 0.0954 e. The van der Waals surface area contributed by atoms with E-state index in [1.807, 2.05) is 29.6 Å². The van der Waals surface area contributed by atoms with E-state index in [4.69, 9.17) is 0 Å². The molecule has 1 unspecified atom stereocenters. The van der Waals surface area contributed by atoms with Gasteiger partial charge in [0.15, 0.2) is 0 Å². The van der Waals surface area contributed by atoms with Gasteiger partial charge < -0.3 is 5.11 Å². The van der Waals surface area contributed by atoms with Crippen LogP contribution in [0, 0.1) is 3.57 Å². The molecule has 4 heteroatoms. The molecule has 0 aliphatic heterocycles. The number of rotatable bonds is 3. The number of hydrogen-bond acceptors (Lipinski definition) is 3. The van der Waals surface area contributed by atoms with Gasteiger partial charge in [-0.05, 0) is 40.3 Å². The number of thiazole rings is 1. The van der Waals surface area contributed by atoms with E-state index in [0.717, 1.165) is 14.1 Å². The molecule has 0 aliphatic rings. The van der Waals surface area contributed by atoms with Crippen molar-refractivity contribution in [3.8, 4) is 0 Å². The van der Waals surface area contributed by atoms with Gasteiger partial charge in [-0.3, -0.25) is 0 Å². The molecule has 0 amide bonds. The van der Waals surface area contributed by atoms with Crippen molar-refractivity contribution >= 4 is 33.9 Å². The van der Waals surface area contributed by atoms with E-state index in [9.17, 15) is 5.11 Å². The van der Waals surface area contributed by atoms with Crippen LogP contribution in [-0.4, -0.2) is 10.1 Å². The van der Waals surface area contributed by atoms with Gasteiger partial charge in [-0.15, -0.1) is 11.3 Å². The number of halogens is 1. The third-order valence-corrected chi connectivity index (χ3v) is 3.56. The predicted octanol–water partition coefficient (Wildman–Crippen LogP) is 3.02. The summed E-state index contributed by atoms with van der Waals surface area (Å²) < 4.78 is 1.14. The van der Waals surface area contributed by atoms with Gasteiger partial charge in [0.1, 0.15) is 0 Å². The lowest BCUT2D eigenvalue weighted by molar-refractivity contribution is 0.178. The Morgan fingerprint density at radius 2 is 2.33 bits per heavy atom. The molecule has 1 aromatic carbocycles. The molecule has 0 saturated heterocycles. The minimum atomic E-state index is -0.453. The number of aliphatic hydroxyl groups excluding tert-OH is 1. The smallest absolute Gasteiger partial charge is 0.0954 e. The summed E-state index contributed by atoms with van der Waals surface area (Å²) in [5, 5.41) is 12.9. The Kier molecular flexibility index (Phi) is 3.71. The fourth-order valence-electron chi connectivity index (χ4n) is 1.35. The Morgan fingerprint density at radius 3 is 3.00 bits per heavy atom. The largest absolute Gasteiger partial charge is 0.388 e. The van der Waals surface area contributed by atoms with E-state index in [0.29, 0.717) is 6.42 Å². The van der Waals surface area contributed by atoms with Crippen LogP contribution in [0.4, 0.5) is 0 Å². The molecule has 0 spiro atoms. The summed E-state index contributed by atoms with van der Waals surface area (Å²) in [6.07, 6.45) is 1.91. The molecule has 2 nitrogen and oxygen atoms in total. The van der Waals surface area contributed by atoms with Gasteiger partial charge in [-0.25, -0.2) is 4.98 Å². The Morgan fingerprint density at radius 1 is 1.47 bits per heavy atom. The fourth-order valence-corrected chi connectivity index (χ4v) is 2.57. The lowest BCUT2D eigenvalue weighted by Crippen LogP contribution is -2.01. The highest BCUT2D eigenvalue weighted by molar-refractivity contribution is 14.1. The highest BCUT2D eigenvalue weighted by Crippen LogP contribution is 2.20. The second-order valence-corrected chi connectivity index (χ2v) is 5.43. The van der Waals surface area contributed by atoms with Gasteiger partial charge in [-0.2, -0.15) is 0 Å². The normalized spacial score (nSPS) is 12.7. The van der Waals surface area contributed by atoms with Crippen molar-refractivity contribution in [2.45, 2.75) is 12.5 Å². The summed E-state index contributed by atoms with van der Waals surface area (Å²) in [4.78, 5) is 4.16. The van der Waals surface area contributed by atoms with E-state index >= 15 is 0 Å². The molecule has 0 fully saturated rings. The molecule has 1 heterocycles. The topological polar surface area (TPSA) is 33.1 Å². The molecule has 1 N–H and O–H groups in total. The third-order valence-electron chi connectivity index (χ3n) is 2.08. The van der Waals surface area contributed by atoms with Crippen molar-refractivity contribution in [2.75, 3.05) is 0 Å². The second-order valence-electron chi connectivity index (χ2n) is 3.20. The molecule has 0 bridgehead atoms. The second kappa shape index (κ2) is 5.05. The first-order chi connectivity index (χ1) is 7.25. The Bertz CT molecular complexity index is 430. The molecule has 78 valence electrons.